The molecule has 7 nitrogen and oxygen atoms in total. The van der Waals surface area contributed by atoms with Crippen molar-refractivity contribution in [3.8, 4) is 0 Å². The van der Waals surface area contributed by atoms with Crippen molar-refractivity contribution in [3.05, 3.63) is 29.7 Å². The third-order valence-electron chi connectivity index (χ3n) is 5.15. The van der Waals surface area contributed by atoms with Gasteiger partial charge < -0.3 is 9.42 Å². The first kappa shape index (κ1) is 15.8. The van der Waals surface area contributed by atoms with Crippen LogP contribution in [0.25, 0.3) is 0 Å². The van der Waals surface area contributed by atoms with Crippen LogP contribution in [0.2, 0.25) is 0 Å². The fourth-order valence-corrected chi connectivity index (χ4v) is 3.44. The van der Waals surface area contributed by atoms with E-state index in [1.54, 1.807) is 0 Å². The van der Waals surface area contributed by atoms with E-state index in [1.165, 1.54) is 24.8 Å². The molecule has 1 aliphatic heterocycles. The highest BCUT2D eigenvalue weighted by Gasteiger charge is 2.30. The largest absolute Gasteiger partial charge is 0.339 e. The first-order valence-electron chi connectivity index (χ1n) is 8.90. The average molecular weight is 330 g/mol. The summed E-state index contributed by atoms with van der Waals surface area (Å²) in [4.78, 5) is 9.45. The molecule has 1 saturated carbocycles. The van der Waals surface area contributed by atoms with Crippen molar-refractivity contribution in [2.45, 2.75) is 44.2 Å². The van der Waals surface area contributed by atoms with Crippen molar-refractivity contribution in [1.29, 1.82) is 0 Å². The number of hydrogen-bond acceptors (Lipinski definition) is 6. The lowest BCUT2D eigenvalue weighted by atomic mass is 10.2. The Hall–Kier alpha value is -1.73. The molecule has 0 aromatic carbocycles. The maximum atomic E-state index is 5.36. The molecule has 0 N–H and O–H groups in total. The van der Waals surface area contributed by atoms with E-state index in [0.717, 1.165) is 44.3 Å². The van der Waals surface area contributed by atoms with Crippen molar-refractivity contribution in [2.75, 3.05) is 26.7 Å². The number of likely N-dealkylation sites (tertiary alicyclic amines) is 1. The zero-order valence-electron chi connectivity index (χ0n) is 14.6. The Labute approximate surface area is 142 Å². The molecule has 2 fully saturated rings. The fourth-order valence-electron chi connectivity index (χ4n) is 3.44. The molecule has 1 aliphatic carbocycles. The Balaban J connectivity index is 1.24. The molecule has 130 valence electrons. The SMILES string of the molecule is CN(Cc1noc(C2CC2)n1)[C@@H]1CCN(CCc2cnn(C)c2)C1. The smallest absolute Gasteiger partial charge is 0.229 e. The molecule has 2 aliphatic rings. The van der Waals surface area contributed by atoms with Crippen LogP contribution in [-0.4, -0.2) is 62.4 Å². The molecule has 2 aromatic rings. The van der Waals surface area contributed by atoms with E-state index < -0.39 is 0 Å². The molecule has 4 rings (SSSR count). The number of hydrogen-bond donors (Lipinski definition) is 0. The Morgan fingerprint density at radius 3 is 2.96 bits per heavy atom. The Morgan fingerprint density at radius 1 is 1.33 bits per heavy atom. The first-order chi connectivity index (χ1) is 11.7. The molecule has 7 heteroatoms. The molecular weight excluding hydrogens is 304 g/mol. The molecule has 1 saturated heterocycles. The van der Waals surface area contributed by atoms with Crippen LogP contribution < -0.4 is 0 Å². The topological polar surface area (TPSA) is 63.2 Å². The van der Waals surface area contributed by atoms with Gasteiger partial charge in [-0.1, -0.05) is 5.16 Å². The minimum atomic E-state index is 0.533. The van der Waals surface area contributed by atoms with Gasteiger partial charge in [0.1, 0.15) is 0 Å². The van der Waals surface area contributed by atoms with Gasteiger partial charge in [-0.3, -0.25) is 9.58 Å². The third-order valence-corrected chi connectivity index (χ3v) is 5.15. The third kappa shape index (κ3) is 3.67. The summed E-state index contributed by atoms with van der Waals surface area (Å²) >= 11 is 0. The molecule has 0 radical (unpaired) electrons. The number of rotatable bonds is 7. The number of nitrogens with zero attached hydrogens (tertiary/aromatic N) is 6. The van der Waals surface area contributed by atoms with Crippen LogP contribution in [-0.2, 0) is 20.0 Å². The number of likely N-dealkylation sites (N-methyl/N-ethyl adjacent to an activating group) is 1. The van der Waals surface area contributed by atoms with Crippen molar-refractivity contribution in [1.82, 2.24) is 29.7 Å². The number of aryl methyl sites for hydroxylation is 1. The summed E-state index contributed by atoms with van der Waals surface area (Å²) in [5.74, 6) is 2.20. The van der Waals surface area contributed by atoms with Crippen LogP contribution >= 0.6 is 0 Å². The normalized spacial score (nSPS) is 21.9. The predicted octanol–water partition coefficient (Wildman–Crippen LogP) is 1.43. The van der Waals surface area contributed by atoms with E-state index in [0.29, 0.717) is 12.0 Å². The Morgan fingerprint density at radius 2 is 2.21 bits per heavy atom. The molecule has 3 heterocycles. The summed E-state index contributed by atoms with van der Waals surface area (Å²) in [6, 6.07) is 0.571. The van der Waals surface area contributed by atoms with Gasteiger partial charge in [-0.2, -0.15) is 10.1 Å². The lowest BCUT2D eigenvalue weighted by Gasteiger charge is -2.23. The second-order valence-electron chi connectivity index (χ2n) is 7.25. The Kier molecular flexibility index (Phi) is 4.37. The summed E-state index contributed by atoms with van der Waals surface area (Å²) in [7, 11) is 4.14. The lowest BCUT2D eigenvalue weighted by molar-refractivity contribution is 0.218. The maximum absolute atomic E-state index is 5.36. The standard InChI is InChI=1S/C17H26N6O/c1-21(12-16-19-17(24-20-16)14-3-4-14)15-6-8-23(11-15)7-5-13-9-18-22(2)10-13/h9-10,14-15H,3-8,11-12H2,1-2H3/t15-/m1/s1. The molecule has 24 heavy (non-hydrogen) atoms. The highest BCUT2D eigenvalue weighted by molar-refractivity contribution is 5.04. The van der Waals surface area contributed by atoms with Gasteiger partial charge in [-0.25, -0.2) is 0 Å². The summed E-state index contributed by atoms with van der Waals surface area (Å²) < 4.78 is 7.23. The molecule has 1 atom stereocenters. The zero-order valence-corrected chi connectivity index (χ0v) is 14.6. The summed E-state index contributed by atoms with van der Waals surface area (Å²) in [6.07, 6.45) is 8.75. The second-order valence-corrected chi connectivity index (χ2v) is 7.25. The molecule has 0 unspecified atom stereocenters. The molecule has 0 spiro atoms. The van der Waals surface area contributed by atoms with E-state index in [9.17, 15) is 0 Å². The van der Waals surface area contributed by atoms with Crippen molar-refractivity contribution < 1.29 is 4.52 Å². The van der Waals surface area contributed by atoms with E-state index >= 15 is 0 Å². The van der Waals surface area contributed by atoms with Crippen LogP contribution in [0.5, 0.6) is 0 Å². The van der Waals surface area contributed by atoms with Crippen LogP contribution in [0.4, 0.5) is 0 Å². The van der Waals surface area contributed by atoms with Gasteiger partial charge in [0, 0.05) is 38.3 Å². The summed E-state index contributed by atoms with van der Waals surface area (Å²) in [5.41, 5.74) is 1.31. The van der Waals surface area contributed by atoms with Crippen molar-refractivity contribution >= 4 is 0 Å². The summed E-state index contributed by atoms with van der Waals surface area (Å²) in [6.45, 7) is 4.15. The van der Waals surface area contributed by atoms with Gasteiger partial charge in [0.15, 0.2) is 5.82 Å². The van der Waals surface area contributed by atoms with Crippen molar-refractivity contribution in [2.24, 2.45) is 7.05 Å². The maximum Gasteiger partial charge on any atom is 0.229 e. The Bertz CT molecular complexity index is 676. The van der Waals surface area contributed by atoms with E-state index in [-0.39, 0.29) is 0 Å². The second kappa shape index (κ2) is 6.64. The highest BCUT2D eigenvalue weighted by Crippen LogP contribution is 2.38. The van der Waals surface area contributed by atoms with Crippen LogP contribution in [0.1, 0.15) is 42.5 Å². The minimum Gasteiger partial charge on any atom is -0.339 e. The molecule has 0 amide bonds. The fraction of sp³-hybridized carbons (Fsp3) is 0.706. The van der Waals surface area contributed by atoms with Crippen LogP contribution in [0.3, 0.4) is 0 Å². The minimum absolute atomic E-state index is 0.533. The highest BCUT2D eigenvalue weighted by atomic mass is 16.5. The van der Waals surface area contributed by atoms with Gasteiger partial charge in [-0.15, -0.1) is 0 Å². The molecule has 2 aromatic heterocycles. The monoisotopic (exact) mass is 330 g/mol. The van der Waals surface area contributed by atoms with E-state index in [4.69, 9.17) is 4.52 Å². The van der Waals surface area contributed by atoms with Gasteiger partial charge in [0.05, 0.1) is 12.7 Å². The number of aromatic nitrogens is 4. The van der Waals surface area contributed by atoms with Crippen LogP contribution in [0, 0.1) is 0 Å². The lowest BCUT2D eigenvalue weighted by Crippen LogP contribution is -2.34. The summed E-state index contributed by atoms with van der Waals surface area (Å²) in [5, 5.41) is 8.37. The van der Waals surface area contributed by atoms with Gasteiger partial charge in [0.25, 0.3) is 0 Å². The first-order valence-corrected chi connectivity index (χ1v) is 8.90. The molecule has 0 bridgehead atoms. The zero-order chi connectivity index (χ0) is 16.5. The average Bonchev–Trinajstić information content (AvgIpc) is 2.98. The van der Waals surface area contributed by atoms with Gasteiger partial charge in [0.2, 0.25) is 5.89 Å². The van der Waals surface area contributed by atoms with E-state index in [2.05, 4.69) is 38.3 Å². The van der Waals surface area contributed by atoms with Gasteiger partial charge in [-0.05, 0) is 44.8 Å². The molecular formula is C17H26N6O. The van der Waals surface area contributed by atoms with Gasteiger partial charge >= 0.3 is 0 Å². The predicted molar refractivity (Wildman–Crippen MR) is 89.5 cm³/mol. The quantitative estimate of drug-likeness (QED) is 0.765. The van der Waals surface area contributed by atoms with Crippen molar-refractivity contribution in [3.63, 3.8) is 0 Å². The van der Waals surface area contributed by atoms with Crippen LogP contribution in [0.15, 0.2) is 16.9 Å². The van der Waals surface area contributed by atoms with E-state index in [1.807, 2.05) is 17.9 Å².